The molecule has 0 unspecified atom stereocenters. The van der Waals surface area contributed by atoms with Gasteiger partial charge in [-0.25, -0.2) is 0 Å². The summed E-state index contributed by atoms with van der Waals surface area (Å²) in [5, 5.41) is 15.7. The van der Waals surface area contributed by atoms with Crippen molar-refractivity contribution in [1.82, 2.24) is 20.1 Å². The molecule has 34 heavy (non-hydrogen) atoms. The Labute approximate surface area is 217 Å². The Hall–Kier alpha value is -2.26. The summed E-state index contributed by atoms with van der Waals surface area (Å²) in [6, 6.07) is 9.99. The molecule has 1 atom stereocenters. The highest BCUT2D eigenvalue weighted by atomic mass is 35.5. The number of aryl methyl sites for hydroxylation is 1. The average molecular weight is 541 g/mol. The first kappa shape index (κ1) is 26.3. The van der Waals surface area contributed by atoms with Gasteiger partial charge in [-0.1, -0.05) is 78.1 Å². The lowest BCUT2D eigenvalue weighted by Gasteiger charge is -2.21. The van der Waals surface area contributed by atoms with Crippen LogP contribution in [0.15, 0.2) is 41.6 Å². The molecule has 0 aliphatic heterocycles. The van der Waals surface area contributed by atoms with Crippen LogP contribution >= 0.6 is 46.6 Å². The monoisotopic (exact) mass is 539 g/mol. The van der Waals surface area contributed by atoms with E-state index in [0.717, 1.165) is 5.56 Å². The van der Waals surface area contributed by atoms with Crippen LogP contribution in [0.4, 0.5) is 5.69 Å². The smallest absolute Gasteiger partial charge is 0.251 e. The van der Waals surface area contributed by atoms with E-state index < -0.39 is 0 Å². The van der Waals surface area contributed by atoms with Crippen LogP contribution in [0, 0.1) is 12.8 Å². The van der Waals surface area contributed by atoms with E-state index in [0.29, 0.717) is 32.3 Å². The minimum absolute atomic E-state index is 0.0650. The molecule has 7 nitrogen and oxygen atoms in total. The van der Waals surface area contributed by atoms with Crippen LogP contribution in [0.1, 0.15) is 41.6 Å². The lowest BCUT2D eigenvalue weighted by molar-refractivity contribution is -0.113. The van der Waals surface area contributed by atoms with Crippen molar-refractivity contribution in [2.24, 2.45) is 13.0 Å². The molecule has 0 fully saturated rings. The minimum Gasteiger partial charge on any atom is -0.342 e. The Morgan fingerprint density at radius 2 is 1.68 bits per heavy atom. The van der Waals surface area contributed by atoms with Gasteiger partial charge in [-0.3, -0.25) is 9.59 Å². The molecule has 3 rings (SSSR count). The minimum atomic E-state index is -0.357. The quantitative estimate of drug-likeness (QED) is 0.273. The zero-order chi connectivity index (χ0) is 25.0. The van der Waals surface area contributed by atoms with Crippen LogP contribution < -0.4 is 10.6 Å². The van der Waals surface area contributed by atoms with E-state index in [1.807, 2.05) is 32.9 Å². The molecule has 0 bridgehead atoms. The van der Waals surface area contributed by atoms with Gasteiger partial charge >= 0.3 is 0 Å². The highest BCUT2D eigenvalue weighted by Gasteiger charge is 2.25. The molecule has 180 valence electrons. The summed E-state index contributed by atoms with van der Waals surface area (Å²) in [5.74, 6) is 0.266. The number of benzene rings is 2. The molecule has 0 aliphatic rings. The van der Waals surface area contributed by atoms with Gasteiger partial charge in [-0.2, -0.15) is 0 Å². The zero-order valence-electron chi connectivity index (χ0n) is 19.0. The summed E-state index contributed by atoms with van der Waals surface area (Å²) in [6.45, 7) is 5.96. The molecule has 1 heterocycles. The van der Waals surface area contributed by atoms with Gasteiger partial charge in [0.2, 0.25) is 5.91 Å². The number of amides is 2. The van der Waals surface area contributed by atoms with Crippen LogP contribution in [0.25, 0.3) is 0 Å². The van der Waals surface area contributed by atoms with Crippen LogP contribution in [0.2, 0.25) is 15.1 Å². The van der Waals surface area contributed by atoms with Gasteiger partial charge in [0.1, 0.15) is 0 Å². The molecule has 2 N–H and O–H groups in total. The first-order valence-corrected chi connectivity index (χ1v) is 12.5. The Kier molecular flexibility index (Phi) is 8.87. The molecule has 3 aromatic rings. The third-order valence-corrected chi connectivity index (χ3v) is 7.09. The average Bonchev–Trinajstić information content (AvgIpc) is 3.14. The molecule has 0 aliphatic carbocycles. The number of nitrogens with zero attached hydrogens (tertiary/aromatic N) is 3. The van der Waals surface area contributed by atoms with Crippen molar-refractivity contribution in [3.05, 3.63) is 68.4 Å². The Morgan fingerprint density at radius 1 is 1.03 bits per heavy atom. The van der Waals surface area contributed by atoms with E-state index in [1.165, 1.54) is 23.9 Å². The third kappa shape index (κ3) is 6.44. The van der Waals surface area contributed by atoms with Gasteiger partial charge in [0.25, 0.3) is 5.91 Å². The van der Waals surface area contributed by atoms with Crippen LogP contribution in [-0.4, -0.2) is 32.3 Å². The molecular weight excluding hydrogens is 517 g/mol. The number of thioether (sulfide) groups is 1. The van der Waals surface area contributed by atoms with E-state index in [4.69, 9.17) is 34.8 Å². The van der Waals surface area contributed by atoms with Gasteiger partial charge in [-0.15, -0.1) is 10.2 Å². The molecule has 0 saturated heterocycles. The van der Waals surface area contributed by atoms with Gasteiger partial charge in [0, 0.05) is 12.6 Å². The first-order valence-electron chi connectivity index (χ1n) is 10.4. The maximum absolute atomic E-state index is 12.8. The normalized spacial score (nSPS) is 12.0. The summed E-state index contributed by atoms with van der Waals surface area (Å²) in [7, 11) is 1.80. The topological polar surface area (TPSA) is 88.9 Å². The lowest BCUT2D eigenvalue weighted by atomic mass is 10.0. The first-order chi connectivity index (χ1) is 16.1. The number of anilines is 1. The Morgan fingerprint density at radius 3 is 2.32 bits per heavy atom. The second-order valence-corrected chi connectivity index (χ2v) is 10.2. The van der Waals surface area contributed by atoms with E-state index in [-0.39, 0.29) is 34.5 Å². The number of rotatable bonds is 8. The maximum Gasteiger partial charge on any atom is 0.251 e. The van der Waals surface area contributed by atoms with Crippen molar-refractivity contribution in [3.63, 3.8) is 0 Å². The molecule has 1 aromatic heterocycles. The van der Waals surface area contributed by atoms with Crippen molar-refractivity contribution in [2.45, 2.75) is 32.0 Å². The van der Waals surface area contributed by atoms with Crippen molar-refractivity contribution in [1.29, 1.82) is 0 Å². The highest BCUT2D eigenvalue weighted by molar-refractivity contribution is 7.99. The molecule has 2 amide bonds. The summed E-state index contributed by atoms with van der Waals surface area (Å²) >= 11 is 19.3. The molecule has 0 saturated carbocycles. The van der Waals surface area contributed by atoms with Crippen LogP contribution in [0.5, 0.6) is 0 Å². The third-order valence-electron chi connectivity index (χ3n) is 5.03. The van der Waals surface area contributed by atoms with Gasteiger partial charge in [0.15, 0.2) is 11.0 Å². The van der Waals surface area contributed by atoms with Gasteiger partial charge < -0.3 is 15.2 Å². The lowest BCUT2D eigenvalue weighted by Crippen LogP contribution is -2.33. The summed E-state index contributed by atoms with van der Waals surface area (Å²) in [5.41, 5.74) is 2.03. The van der Waals surface area contributed by atoms with Crippen LogP contribution in [0.3, 0.4) is 0 Å². The SMILES string of the molecule is Cc1ccc(C(=O)N[C@@H](c2nnc(SCC(=O)Nc3cc(Cl)c(Cl)cc3Cl)n2C)C(C)C)cc1. The molecule has 11 heteroatoms. The predicted molar refractivity (Wildman–Crippen MR) is 138 cm³/mol. The number of hydrogen-bond acceptors (Lipinski definition) is 5. The van der Waals surface area contributed by atoms with Crippen molar-refractivity contribution < 1.29 is 9.59 Å². The summed E-state index contributed by atoms with van der Waals surface area (Å²) in [6.07, 6.45) is 0. The Balaban J connectivity index is 1.67. The fourth-order valence-electron chi connectivity index (χ4n) is 3.12. The number of hydrogen-bond donors (Lipinski definition) is 2. The van der Waals surface area contributed by atoms with E-state index >= 15 is 0 Å². The summed E-state index contributed by atoms with van der Waals surface area (Å²) in [4.78, 5) is 25.2. The summed E-state index contributed by atoms with van der Waals surface area (Å²) < 4.78 is 1.78. The number of aromatic nitrogens is 3. The van der Waals surface area contributed by atoms with Crippen molar-refractivity contribution >= 4 is 64.1 Å². The molecule has 2 aromatic carbocycles. The predicted octanol–water partition coefficient (Wildman–Crippen LogP) is 5.94. The second kappa shape index (κ2) is 11.4. The molecule has 0 radical (unpaired) electrons. The highest BCUT2D eigenvalue weighted by Crippen LogP contribution is 2.32. The fraction of sp³-hybridized carbons (Fsp3) is 0.304. The second-order valence-electron chi connectivity index (χ2n) is 8.04. The van der Waals surface area contributed by atoms with E-state index in [1.54, 1.807) is 23.7 Å². The molecular formula is C23H24Cl3N5O2S. The number of nitrogens with one attached hydrogen (secondary N) is 2. The zero-order valence-corrected chi connectivity index (χ0v) is 22.1. The van der Waals surface area contributed by atoms with Gasteiger partial charge in [-0.05, 0) is 37.1 Å². The largest absolute Gasteiger partial charge is 0.342 e. The maximum atomic E-state index is 12.8. The van der Waals surface area contributed by atoms with Crippen molar-refractivity contribution in [3.8, 4) is 0 Å². The Bertz CT molecular complexity index is 1200. The van der Waals surface area contributed by atoms with Gasteiger partial charge in [0.05, 0.1) is 32.5 Å². The standard InChI is InChI=1S/C23H24Cl3N5O2S/c1-12(2)20(28-22(33)14-7-5-13(3)6-8-14)21-29-30-23(31(21)4)34-11-19(32)27-18-10-16(25)15(24)9-17(18)26/h5-10,12,20H,11H2,1-4H3,(H,27,32)(H,28,33)/t20-/m1/s1. The number of carbonyl (C=O) groups excluding carboxylic acids is 2. The molecule has 0 spiro atoms. The van der Waals surface area contributed by atoms with Crippen LogP contribution in [-0.2, 0) is 11.8 Å². The van der Waals surface area contributed by atoms with E-state index in [2.05, 4.69) is 20.8 Å². The fourth-order valence-corrected chi connectivity index (χ4v) is 4.43. The van der Waals surface area contributed by atoms with Crippen molar-refractivity contribution in [2.75, 3.05) is 11.1 Å². The van der Waals surface area contributed by atoms with E-state index in [9.17, 15) is 9.59 Å². The number of halogens is 3. The number of carbonyl (C=O) groups is 2.